The van der Waals surface area contributed by atoms with E-state index in [1.807, 2.05) is 12.1 Å². The maximum absolute atomic E-state index is 12.3. The van der Waals surface area contributed by atoms with Crippen molar-refractivity contribution >= 4 is 5.78 Å². The highest BCUT2D eigenvalue weighted by atomic mass is 16.7. The average molecular weight is 261 g/mol. The van der Waals surface area contributed by atoms with Crippen LogP contribution in [0, 0.1) is 0 Å². The fourth-order valence-electron chi connectivity index (χ4n) is 2.81. The largest absolute Gasteiger partial charge is 0.454 e. The third-order valence-electron chi connectivity index (χ3n) is 3.84. The molecule has 1 N–H and O–H groups in total. The minimum Gasteiger partial charge on any atom is -0.454 e. The number of Topliss-reactive ketones (excluding diaryl/α,β-unsaturated/α-hetero) is 1. The summed E-state index contributed by atoms with van der Waals surface area (Å²) in [5.41, 5.74) is 0.712. The summed E-state index contributed by atoms with van der Waals surface area (Å²) in [7, 11) is 0. The van der Waals surface area contributed by atoms with Crippen LogP contribution in [0.15, 0.2) is 18.2 Å². The number of carbonyl (C=O) groups excluding carboxylic acids is 1. The van der Waals surface area contributed by atoms with Crippen LogP contribution in [0.3, 0.4) is 0 Å². The summed E-state index contributed by atoms with van der Waals surface area (Å²) >= 11 is 0. The number of benzene rings is 1. The molecule has 2 aliphatic heterocycles. The summed E-state index contributed by atoms with van der Waals surface area (Å²) in [4.78, 5) is 12.3. The fourth-order valence-corrected chi connectivity index (χ4v) is 2.81. The molecule has 19 heavy (non-hydrogen) atoms. The Morgan fingerprint density at radius 3 is 3.00 bits per heavy atom. The third kappa shape index (κ3) is 2.73. The van der Waals surface area contributed by atoms with Crippen molar-refractivity contribution in [1.29, 1.82) is 0 Å². The molecule has 2 aliphatic rings. The van der Waals surface area contributed by atoms with Gasteiger partial charge in [0.05, 0.1) is 0 Å². The Morgan fingerprint density at radius 1 is 1.32 bits per heavy atom. The number of hydrogen-bond donors (Lipinski definition) is 1. The standard InChI is InChI=1S/C15H19NO3/c1-10-3-2-4-12(16-10)8-13(17)11-5-6-14-15(7-11)19-9-18-14/h5-7,10,12,16H,2-4,8-9H2,1H3. The van der Waals surface area contributed by atoms with Crippen LogP contribution in [0.5, 0.6) is 11.5 Å². The normalized spacial score (nSPS) is 25.3. The SMILES string of the molecule is CC1CCCC(CC(=O)c2ccc3c(c2)OCO3)N1. The fraction of sp³-hybridized carbons (Fsp3) is 0.533. The van der Waals surface area contributed by atoms with E-state index in [1.165, 1.54) is 12.8 Å². The van der Waals surface area contributed by atoms with Crippen LogP contribution in [0.2, 0.25) is 0 Å². The Labute approximate surface area is 113 Å². The van der Waals surface area contributed by atoms with Gasteiger partial charge in [-0.05, 0) is 38.0 Å². The first kappa shape index (κ1) is 12.5. The molecule has 2 atom stereocenters. The maximum atomic E-state index is 12.3. The molecule has 1 fully saturated rings. The molecule has 2 heterocycles. The molecule has 2 unspecified atom stereocenters. The van der Waals surface area contributed by atoms with E-state index >= 15 is 0 Å². The van der Waals surface area contributed by atoms with Crippen LogP contribution in [0.4, 0.5) is 0 Å². The number of carbonyl (C=O) groups is 1. The second-order valence-electron chi connectivity index (χ2n) is 5.39. The van der Waals surface area contributed by atoms with Gasteiger partial charge in [-0.2, -0.15) is 0 Å². The molecule has 1 saturated heterocycles. The number of hydrogen-bond acceptors (Lipinski definition) is 4. The van der Waals surface area contributed by atoms with E-state index in [-0.39, 0.29) is 12.6 Å². The molecule has 0 aromatic heterocycles. The minimum atomic E-state index is 0.171. The van der Waals surface area contributed by atoms with Gasteiger partial charge in [0.25, 0.3) is 0 Å². The van der Waals surface area contributed by atoms with Gasteiger partial charge < -0.3 is 14.8 Å². The van der Waals surface area contributed by atoms with Crippen LogP contribution in [0.1, 0.15) is 43.0 Å². The van der Waals surface area contributed by atoms with Gasteiger partial charge >= 0.3 is 0 Å². The van der Waals surface area contributed by atoms with Gasteiger partial charge in [0.1, 0.15) is 0 Å². The summed E-state index contributed by atoms with van der Waals surface area (Å²) in [6, 6.07) is 6.25. The van der Waals surface area contributed by atoms with Crippen LogP contribution >= 0.6 is 0 Å². The van der Waals surface area contributed by atoms with E-state index in [4.69, 9.17) is 9.47 Å². The second kappa shape index (κ2) is 5.21. The number of nitrogens with one attached hydrogen (secondary N) is 1. The number of fused-ring (bicyclic) bond motifs is 1. The molecule has 0 amide bonds. The lowest BCUT2D eigenvalue weighted by molar-refractivity contribution is 0.0959. The molecule has 1 aromatic carbocycles. The van der Waals surface area contributed by atoms with E-state index < -0.39 is 0 Å². The van der Waals surface area contributed by atoms with E-state index in [9.17, 15) is 4.79 Å². The topological polar surface area (TPSA) is 47.6 Å². The summed E-state index contributed by atoms with van der Waals surface area (Å²) < 4.78 is 10.6. The van der Waals surface area contributed by atoms with Crippen molar-refractivity contribution in [2.75, 3.05) is 6.79 Å². The number of ether oxygens (including phenoxy) is 2. The highest BCUT2D eigenvalue weighted by molar-refractivity contribution is 5.97. The number of rotatable bonds is 3. The molecule has 0 aliphatic carbocycles. The van der Waals surface area contributed by atoms with Gasteiger partial charge in [-0.15, -0.1) is 0 Å². The smallest absolute Gasteiger partial charge is 0.231 e. The Bertz CT molecular complexity index is 486. The van der Waals surface area contributed by atoms with E-state index in [0.29, 0.717) is 29.8 Å². The molecule has 1 aromatic rings. The first-order valence-electron chi connectivity index (χ1n) is 6.91. The van der Waals surface area contributed by atoms with Gasteiger partial charge in [-0.1, -0.05) is 6.42 Å². The minimum absolute atomic E-state index is 0.171. The third-order valence-corrected chi connectivity index (χ3v) is 3.84. The zero-order valence-corrected chi connectivity index (χ0v) is 11.1. The lowest BCUT2D eigenvalue weighted by atomic mass is 9.94. The van der Waals surface area contributed by atoms with E-state index in [0.717, 1.165) is 12.2 Å². The molecule has 0 bridgehead atoms. The van der Waals surface area contributed by atoms with Gasteiger partial charge in [0.15, 0.2) is 17.3 Å². The Kier molecular flexibility index (Phi) is 3.42. The molecule has 0 spiro atoms. The quantitative estimate of drug-likeness (QED) is 0.849. The van der Waals surface area contributed by atoms with Crippen molar-refractivity contribution < 1.29 is 14.3 Å². The summed E-state index contributed by atoms with van der Waals surface area (Å²) in [6.45, 7) is 2.42. The van der Waals surface area contributed by atoms with Crippen LogP contribution in [-0.4, -0.2) is 24.7 Å². The lowest BCUT2D eigenvalue weighted by Crippen LogP contribution is -2.41. The van der Waals surface area contributed by atoms with Crippen LogP contribution in [0.25, 0.3) is 0 Å². The Balaban J connectivity index is 1.67. The predicted octanol–water partition coefficient (Wildman–Crippen LogP) is 2.52. The second-order valence-corrected chi connectivity index (χ2v) is 5.39. The number of ketones is 1. The first-order valence-corrected chi connectivity index (χ1v) is 6.91. The summed E-state index contributed by atoms with van der Waals surface area (Å²) in [6.07, 6.45) is 4.05. The monoisotopic (exact) mass is 261 g/mol. The van der Waals surface area contributed by atoms with Gasteiger partial charge in [0.2, 0.25) is 6.79 Å². The molecule has 3 rings (SSSR count). The Hall–Kier alpha value is -1.55. The van der Waals surface area contributed by atoms with Crippen molar-refractivity contribution in [3.05, 3.63) is 23.8 Å². The first-order chi connectivity index (χ1) is 9.22. The predicted molar refractivity (Wildman–Crippen MR) is 71.7 cm³/mol. The Morgan fingerprint density at radius 2 is 2.16 bits per heavy atom. The highest BCUT2D eigenvalue weighted by Crippen LogP contribution is 2.33. The number of piperidine rings is 1. The zero-order valence-electron chi connectivity index (χ0n) is 11.1. The summed E-state index contributed by atoms with van der Waals surface area (Å²) in [5.74, 6) is 1.57. The van der Waals surface area contributed by atoms with E-state index in [1.54, 1.807) is 6.07 Å². The van der Waals surface area contributed by atoms with Gasteiger partial charge in [0, 0.05) is 24.1 Å². The molecule has 0 saturated carbocycles. The van der Waals surface area contributed by atoms with Crippen molar-refractivity contribution in [2.45, 2.75) is 44.7 Å². The lowest BCUT2D eigenvalue weighted by Gasteiger charge is -2.28. The molecular weight excluding hydrogens is 242 g/mol. The van der Waals surface area contributed by atoms with Crippen molar-refractivity contribution in [3.8, 4) is 11.5 Å². The van der Waals surface area contributed by atoms with Crippen molar-refractivity contribution in [1.82, 2.24) is 5.32 Å². The molecular formula is C15H19NO3. The van der Waals surface area contributed by atoms with Gasteiger partial charge in [-0.25, -0.2) is 0 Å². The van der Waals surface area contributed by atoms with Crippen molar-refractivity contribution in [3.63, 3.8) is 0 Å². The highest BCUT2D eigenvalue weighted by Gasteiger charge is 2.22. The maximum Gasteiger partial charge on any atom is 0.231 e. The van der Waals surface area contributed by atoms with Crippen molar-refractivity contribution in [2.24, 2.45) is 0 Å². The van der Waals surface area contributed by atoms with E-state index in [2.05, 4.69) is 12.2 Å². The summed E-state index contributed by atoms with van der Waals surface area (Å²) in [5, 5.41) is 3.49. The van der Waals surface area contributed by atoms with Crippen LogP contribution in [-0.2, 0) is 0 Å². The molecule has 4 heteroatoms. The van der Waals surface area contributed by atoms with Crippen LogP contribution < -0.4 is 14.8 Å². The molecule has 102 valence electrons. The zero-order chi connectivity index (χ0) is 13.2. The van der Waals surface area contributed by atoms with Gasteiger partial charge in [-0.3, -0.25) is 4.79 Å². The molecule has 4 nitrogen and oxygen atoms in total. The molecule has 0 radical (unpaired) electrons. The average Bonchev–Trinajstić information content (AvgIpc) is 2.85.